The molecule has 0 aliphatic rings. The molecule has 0 saturated heterocycles. The van der Waals surface area contributed by atoms with Crippen molar-refractivity contribution in [1.29, 1.82) is 0 Å². The summed E-state index contributed by atoms with van der Waals surface area (Å²) >= 11 is 11.7. The average molecular weight is 344 g/mol. The van der Waals surface area contributed by atoms with E-state index in [-0.39, 0.29) is 33.8 Å². The summed E-state index contributed by atoms with van der Waals surface area (Å²) in [5.74, 6) is 0.477. The fourth-order valence-corrected chi connectivity index (χ4v) is 2.33. The summed E-state index contributed by atoms with van der Waals surface area (Å²) in [5, 5.41) is 16.6. The molecule has 1 aromatic carbocycles. The Balaban J connectivity index is 1.95. The van der Waals surface area contributed by atoms with Crippen LogP contribution in [0.5, 0.6) is 5.75 Å². The van der Waals surface area contributed by atoms with Crippen molar-refractivity contribution in [2.75, 3.05) is 6.54 Å². The minimum atomic E-state index is -0.497. The van der Waals surface area contributed by atoms with Crippen molar-refractivity contribution in [2.45, 2.75) is 26.2 Å². The molecule has 0 aliphatic carbocycles. The van der Waals surface area contributed by atoms with Gasteiger partial charge in [0.05, 0.1) is 10.6 Å². The van der Waals surface area contributed by atoms with Gasteiger partial charge in [0, 0.05) is 23.9 Å². The van der Waals surface area contributed by atoms with Crippen molar-refractivity contribution in [2.24, 2.45) is 0 Å². The normalized spacial score (nSPS) is 11.0. The second-order valence-electron chi connectivity index (χ2n) is 4.99. The van der Waals surface area contributed by atoms with E-state index >= 15 is 0 Å². The Kier molecular flexibility index (Phi) is 5.26. The Morgan fingerprint density at radius 1 is 1.41 bits per heavy atom. The summed E-state index contributed by atoms with van der Waals surface area (Å²) in [6.45, 7) is 4.19. The van der Waals surface area contributed by atoms with E-state index in [1.165, 1.54) is 12.1 Å². The number of amides is 1. The molecule has 2 rings (SSSR count). The van der Waals surface area contributed by atoms with E-state index < -0.39 is 5.91 Å². The minimum absolute atomic E-state index is 0.0144. The maximum Gasteiger partial charge on any atom is 0.256 e. The molecule has 0 atom stereocenters. The lowest BCUT2D eigenvalue weighted by Gasteiger charge is -2.08. The van der Waals surface area contributed by atoms with Gasteiger partial charge in [-0.15, -0.1) is 0 Å². The van der Waals surface area contributed by atoms with Gasteiger partial charge in [0.2, 0.25) is 5.89 Å². The topological polar surface area (TPSA) is 88.2 Å². The fraction of sp³-hybridized carbons (Fsp3) is 0.357. The van der Waals surface area contributed by atoms with Gasteiger partial charge in [-0.3, -0.25) is 4.79 Å². The molecule has 0 radical (unpaired) electrons. The first-order chi connectivity index (χ1) is 10.4. The average Bonchev–Trinajstić information content (AvgIpc) is 2.86. The van der Waals surface area contributed by atoms with Crippen LogP contribution in [0, 0.1) is 0 Å². The number of phenolic OH excluding ortho intramolecular Hbond substituents is 1. The Morgan fingerprint density at radius 2 is 2.14 bits per heavy atom. The van der Waals surface area contributed by atoms with Gasteiger partial charge in [0.15, 0.2) is 5.82 Å². The molecule has 0 unspecified atom stereocenters. The van der Waals surface area contributed by atoms with E-state index in [2.05, 4.69) is 15.5 Å². The monoisotopic (exact) mass is 343 g/mol. The Bertz CT molecular complexity index is 663. The standard InChI is InChI=1S/C14H15Cl2N3O3/c1-7(2)13-18-11(22-19-13)3-4-17-14(21)12-9(16)5-8(15)6-10(12)20/h5-7,20H,3-4H2,1-2H3,(H,17,21). The first kappa shape index (κ1) is 16.6. The number of halogens is 2. The highest BCUT2D eigenvalue weighted by atomic mass is 35.5. The minimum Gasteiger partial charge on any atom is -0.507 e. The van der Waals surface area contributed by atoms with E-state index in [0.717, 1.165) is 0 Å². The number of benzene rings is 1. The molecule has 8 heteroatoms. The van der Waals surface area contributed by atoms with Gasteiger partial charge in [0.1, 0.15) is 5.75 Å². The third-order valence-electron chi connectivity index (χ3n) is 2.89. The van der Waals surface area contributed by atoms with Crippen LogP contribution in [-0.2, 0) is 6.42 Å². The number of nitrogens with one attached hydrogen (secondary N) is 1. The molecule has 2 N–H and O–H groups in total. The number of carbonyl (C=O) groups excluding carboxylic acids is 1. The molecule has 1 aromatic heterocycles. The second-order valence-corrected chi connectivity index (χ2v) is 5.83. The SMILES string of the molecule is CC(C)c1noc(CCNC(=O)c2c(O)cc(Cl)cc2Cl)n1. The summed E-state index contributed by atoms with van der Waals surface area (Å²) in [5.41, 5.74) is -0.0144. The van der Waals surface area contributed by atoms with Gasteiger partial charge in [-0.1, -0.05) is 42.2 Å². The second kappa shape index (κ2) is 6.98. The molecule has 0 saturated carbocycles. The molecule has 1 amide bonds. The summed E-state index contributed by atoms with van der Waals surface area (Å²) in [7, 11) is 0. The van der Waals surface area contributed by atoms with Crippen LogP contribution in [-0.4, -0.2) is 27.7 Å². The van der Waals surface area contributed by atoms with Crippen LogP contribution >= 0.6 is 23.2 Å². The predicted molar refractivity (Wildman–Crippen MR) is 82.6 cm³/mol. The van der Waals surface area contributed by atoms with Gasteiger partial charge >= 0.3 is 0 Å². The van der Waals surface area contributed by atoms with Crippen molar-refractivity contribution in [1.82, 2.24) is 15.5 Å². The van der Waals surface area contributed by atoms with Crippen LogP contribution in [0.2, 0.25) is 10.0 Å². The number of aromatic nitrogens is 2. The lowest BCUT2D eigenvalue weighted by molar-refractivity contribution is 0.0951. The molecule has 0 spiro atoms. The van der Waals surface area contributed by atoms with Gasteiger partial charge in [0.25, 0.3) is 5.91 Å². The van der Waals surface area contributed by atoms with Gasteiger partial charge in [-0.25, -0.2) is 0 Å². The molecule has 22 heavy (non-hydrogen) atoms. The van der Waals surface area contributed by atoms with Crippen LogP contribution in [0.4, 0.5) is 0 Å². The summed E-state index contributed by atoms with van der Waals surface area (Å²) in [6, 6.07) is 2.65. The highest BCUT2D eigenvalue weighted by Crippen LogP contribution is 2.29. The molecule has 6 nitrogen and oxygen atoms in total. The van der Waals surface area contributed by atoms with Crippen molar-refractivity contribution < 1.29 is 14.4 Å². The van der Waals surface area contributed by atoms with Gasteiger partial charge < -0.3 is 14.9 Å². The zero-order valence-corrected chi connectivity index (χ0v) is 13.6. The zero-order valence-electron chi connectivity index (χ0n) is 12.1. The zero-order chi connectivity index (χ0) is 16.3. The van der Waals surface area contributed by atoms with E-state index in [1.807, 2.05) is 13.8 Å². The molecule has 1 heterocycles. The highest BCUT2D eigenvalue weighted by Gasteiger charge is 2.17. The van der Waals surface area contributed by atoms with Crippen LogP contribution in [0.3, 0.4) is 0 Å². The Hall–Kier alpha value is -1.79. The number of phenols is 1. The van der Waals surface area contributed by atoms with Gasteiger partial charge in [-0.05, 0) is 12.1 Å². The molecular formula is C14H15Cl2N3O3. The van der Waals surface area contributed by atoms with Crippen LogP contribution in [0.1, 0.15) is 41.8 Å². The molecule has 0 fully saturated rings. The number of hydrogen-bond acceptors (Lipinski definition) is 5. The first-order valence-electron chi connectivity index (χ1n) is 6.67. The quantitative estimate of drug-likeness (QED) is 0.870. The molecule has 2 aromatic rings. The highest BCUT2D eigenvalue weighted by molar-refractivity contribution is 6.37. The summed E-state index contributed by atoms with van der Waals surface area (Å²) < 4.78 is 5.07. The Labute approximate surface area is 137 Å². The molecule has 0 aliphatic heterocycles. The lowest BCUT2D eigenvalue weighted by Crippen LogP contribution is -2.26. The first-order valence-corrected chi connectivity index (χ1v) is 7.42. The molecule has 118 valence electrons. The fourth-order valence-electron chi connectivity index (χ4n) is 1.76. The van der Waals surface area contributed by atoms with Crippen LogP contribution < -0.4 is 5.32 Å². The predicted octanol–water partition coefficient (Wildman–Crippen LogP) is 3.18. The number of hydrogen-bond donors (Lipinski definition) is 2. The summed E-state index contributed by atoms with van der Waals surface area (Å²) in [4.78, 5) is 16.2. The third kappa shape index (κ3) is 3.90. The number of aromatic hydroxyl groups is 1. The number of nitrogens with zero attached hydrogens (tertiary/aromatic N) is 2. The van der Waals surface area contributed by atoms with Crippen molar-refractivity contribution >= 4 is 29.1 Å². The smallest absolute Gasteiger partial charge is 0.256 e. The van der Waals surface area contributed by atoms with Crippen molar-refractivity contribution in [3.63, 3.8) is 0 Å². The van der Waals surface area contributed by atoms with E-state index in [0.29, 0.717) is 18.1 Å². The maximum atomic E-state index is 12.0. The van der Waals surface area contributed by atoms with Crippen molar-refractivity contribution in [3.8, 4) is 5.75 Å². The van der Waals surface area contributed by atoms with Gasteiger partial charge in [-0.2, -0.15) is 4.98 Å². The van der Waals surface area contributed by atoms with E-state index in [9.17, 15) is 9.90 Å². The lowest BCUT2D eigenvalue weighted by atomic mass is 10.2. The molecular weight excluding hydrogens is 329 g/mol. The third-order valence-corrected chi connectivity index (χ3v) is 3.40. The van der Waals surface area contributed by atoms with Crippen molar-refractivity contribution in [3.05, 3.63) is 39.5 Å². The molecule has 0 bridgehead atoms. The number of rotatable bonds is 5. The van der Waals surface area contributed by atoms with E-state index in [4.69, 9.17) is 27.7 Å². The van der Waals surface area contributed by atoms with Crippen LogP contribution in [0.15, 0.2) is 16.7 Å². The number of carbonyl (C=O) groups is 1. The maximum absolute atomic E-state index is 12.0. The summed E-state index contributed by atoms with van der Waals surface area (Å²) in [6.07, 6.45) is 0.386. The Morgan fingerprint density at radius 3 is 2.73 bits per heavy atom. The van der Waals surface area contributed by atoms with Crippen LogP contribution in [0.25, 0.3) is 0 Å². The largest absolute Gasteiger partial charge is 0.507 e. The van der Waals surface area contributed by atoms with E-state index in [1.54, 1.807) is 0 Å².